The van der Waals surface area contributed by atoms with E-state index in [9.17, 15) is 0 Å². The van der Waals surface area contributed by atoms with E-state index in [1.165, 1.54) is 0 Å². The fourth-order valence-corrected chi connectivity index (χ4v) is 2.65. The largest absolute Gasteiger partial charge is 0.335 e. The van der Waals surface area contributed by atoms with Crippen LogP contribution in [0.4, 0.5) is 0 Å². The van der Waals surface area contributed by atoms with E-state index in [-0.39, 0.29) is 0 Å². The number of benzene rings is 1. The van der Waals surface area contributed by atoms with Crippen LogP contribution >= 0.6 is 27.7 Å². The van der Waals surface area contributed by atoms with E-state index >= 15 is 0 Å². The lowest BCUT2D eigenvalue weighted by molar-refractivity contribution is 0.744. The summed E-state index contributed by atoms with van der Waals surface area (Å²) >= 11 is 5.06. The second-order valence-electron chi connectivity index (χ2n) is 4.39. The van der Waals surface area contributed by atoms with Crippen LogP contribution in [0.1, 0.15) is 13.8 Å². The zero-order valence-electron chi connectivity index (χ0n) is 10.3. The Labute approximate surface area is 119 Å². The molecule has 0 aliphatic heterocycles. The van der Waals surface area contributed by atoms with Crippen LogP contribution in [0.15, 0.2) is 33.9 Å². The molecule has 4 nitrogen and oxygen atoms in total. The first-order valence-electron chi connectivity index (χ1n) is 5.67. The van der Waals surface area contributed by atoms with E-state index in [1.807, 2.05) is 24.3 Å². The van der Waals surface area contributed by atoms with Crippen LogP contribution in [0.25, 0.3) is 11.4 Å². The molecule has 1 heterocycles. The predicted octanol–water partition coefficient (Wildman–Crippen LogP) is 3.17. The van der Waals surface area contributed by atoms with E-state index in [4.69, 9.17) is 5.84 Å². The highest BCUT2D eigenvalue weighted by Gasteiger charge is 2.12. The summed E-state index contributed by atoms with van der Waals surface area (Å²) in [6.07, 6.45) is 0. The van der Waals surface area contributed by atoms with E-state index < -0.39 is 0 Å². The summed E-state index contributed by atoms with van der Waals surface area (Å²) < 4.78 is 2.55. The Kier molecular flexibility index (Phi) is 4.29. The molecule has 96 valence electrons. The number of nitrogens with zero attached hydrogens (tertiary/aromatic N) is 3. The highest BCUT2D eigenvalue weighted by atomic mass is 79.9. The van der Waals surface area contributed by atoms with Crippen molar-refractivity contribution in [3.63, 3.8) is 0 Å². The first kappa shape index (κ1) is 13.4. The average molecular weight is 327 g/mol. The van der Waals surface area contributed by atoms with Crippen LogP contribution in [0.5, 0.6) is 0 Å². The van der Waals surface area contributed by atoms with Gasteiger partial charge in [-0.05, 0) is 18.1 Å². The standard InChI is InChI=1S/C12H15BrN4S/c1-8(2)7-18-12-16-15-11(17(12)14)9-4-3-5-10(13)6-9/h3-6,8H,7,14H2,1-2H3. The molecule has 1 aromatic carbocycles. The molecule has 0 aliphatic rings. The topological polar surface area (TPSA) is 56.7 Å². The lowest BCUT2D eigenvalue weighted by Crippen LogP contribution is -2.12. The molecule has 2 aromatic rings. The van der Waals surface area contributed by atoms with Crippen LogP contribution in [0.3, 0.4) is 0 Å². The van der Waals surface area contributed by atoms with Crippen molar-refractivity contribution in [2.24, 2.45) is 5.92 Å². The van der Waals surface area contributed by atoms with Crippen LogP contribution in [-0.4, -0.2) is 20.6 Å². The van der Waals surface area contributed by atoms with Gasteiger partial charge in [-0.25, -0.2) is 4.68 Å². The van der Waals surface area contributed by atoms with Gasteiger partial charge in [-0.3, -0.25) is 0 Å². The molecule has 18 heavy (non-hydrogen) atoms. The number of hydrogen-bond donors (Lipinski definition) is 1. The molecule has 0 aliphatic carbocycles. The Morgan fingerprint density at radius 2 is 2.17 bits per heavy atom. The van der Waals surface area contributed by atoms with Crippen LogP contribution in [0.2, 0.25) is 0 Å². The highest BCUT2D eigenvalue weighted by molar-refractivity contribution is 9.10. The molecule has 0 unspecified atom stereocenters. The molecule has 0 spiro atoms. The third-order valence-electron chi connectivity index (χ3n) is 2.29. The molecule has 0 atom stereocenters. The molecule has 0 fully saturated rings. The van der Waals surface area contributed by atoms with Crippen molar-refractivity contribution in [1.82, 2.24) is 14.9 Å². The van der Waals surface area contributed by atoms with Gasteiger partial charge in [0, 0.05) is 15.8 Å². The maximum absolute atomic E-state index is 6.03. The number of rotatable bonds is 4. The van der Waals surface area contributed by atoms with Gasteiger partial charge < -0.3 is 5.84 Å². The number of nitrogen functional groups attached to an aromatic ring is 1. The lowest BCUT2D eigenvalue weighted by atomic mass is 10.2. The number of aromatic nitrogens is 3. The highest BCUT2D eigenvalue weighted by Crippen LogP contribution is 2.24. The Morgan fingerprint density at radius 3 is 2.83 bits per heavy atom. The van der Waals surface area contributed by atoms with Crippen LogP contribution in [-0.2, 0) is 0 Å². The number of hydrogen-bond acceptors (Lipinski definition) is 4. The van der Waals surface area contributed by atoms with Crippen molar-refractivity contribution in [2.75, 3.05) is 11.6 Å². The molecule has 2 rings (SSSR count). The van der Waals surface area contributed by atoms with Gasteiger partial charge >= 0.3 is 0 Å². The Bertz CT molecular complexity index is 539. The summed E-state index contributed by atoms with van der Waals surface area (Å²) in [6, 6.07) is 7.86. The van der Waals surface area contributed by atoms with Gasteiger partial charge in [0.1, 0.15) is 0 Å². The molecule has 0 bridgehead atoms. The van der Waals surface area contributed by atoms with Crippen LogP contribution < -0.4 is 5.84 Å². The SMILES string of the molecule is CC(C)CSc1nnc(-c2cccc(Br)c2)n1N. The van der Waals surface area contributed by atoms with Gasteiger partial charge in [-0.2, -0.15) is 0 Å². The zero-order valence-corrected chi connectivity index (χ0v) is 12.7. The van der Waals surface area contributed by atoms with Gasteiger partial charge in [-0.1, -0.05) is 53.7 Å². The van der Waals surface area contributed by atoms with Crippen molar-refractivity contribution in [2.45, 2.75) is 19.0 Å². The fourth-order valence-electron chi connectivity index (χ4n) is 1.44. The monoisotopic (exact) mass is 326 g/mol. The van der Waals surface area contributed by atoms with Crippen molar-refractivity contribution in [1.29, 1.82) is 0 Å². The summed E-state index contributed by atoms with van der Waals surface area (Å²) in [5.74, 6) is 8.29. The number of halogens is 1. The normalized spacial score (nSPS) is 11.1. The summed E-state index contributed by atoms with van der Waals surface area (Å²) in [5.41, 5.74) is 0.954. The predicted molar refractivity (Wildman–Crippen MR) is 78.9 cm³/mol. The summed E-state index contributed by atoms with van der Waals surface area (Å²) in [5, 5.41) is 9.03. The summed E-state index contributed by atoms with van der Waals surface area (Å²) in [6.45, 7) is 4.33. The fraction of sp³-hybridized carbons (Fsp3) is 0.333. The maximum Gasteiger partial charge on any atom is 0.210 e. The number of nitrogens with two attached hydrogens (primary N) is 1. The molecule has 6 heteroatoms. The quantitative estimate of drug-likeness (QED) is 0.692. The minimum Gasteiger partial charge on any atom is -0.335 e. The molecular weight excluding hydrogens is 312 g/mol. The van der Waals surface area contributed by atoms with E-state index in [1.54, 1.807) is 16.4 Å². The Hall–Kier alpha value is -1.01. The van der Waals surface area contributed by atoms with Gasteiger partial charge in [-0.15, -0.1) is 10.2 Å². The average Bonchev–Trinajstić information content (AvgIpc) is 2.68. The molecule has 0 saturated heterocycles. The van der Waals surface area contributed by atoms with Crippen molar-refractivity contribution in [3.8, 4) is 11.4 Å². The van der Waals surface area contributed by atoms with Crippen molar-refractivity contribution < 1.29 is 0 Å². The van der Waals surface area contributed by atoms with Gasteiger partial charge in [0.25, 0.3) is 0 Å². The molecule has 0 radical (unpaired) electrons. The smallest absolute Gasteiger partial charge is 0.210 e. The maximum atomic E-state index is 6.03. The first-order valence-corrected chi connectivity index (χ1v) is 7.45. The summed E-state index contributed by atoms with van der Waals surface area (Å²) in [4.78, 5) is 0. The van der Waals surface area contributed by atoms with E-state index in [0.29, 0.717) is 11.7 Å². The third kappa shape index (κ3) is 3.05. The van der Waals surface area contributed by atoms with E-state index in [2.05, 4.69) is 40.0 Å². The Balaban J connectivity index is 2.25. The second kappa shape index (κ2) is 5.75. The molecular formula is C12H15BrN4S. The van der Waals surface area contributed by atoms with Crippen LogP contribution in [0, 0.1) is 5.92 Å². The molecule has 0 saturated carbocycles. The molecule has 0 amide bonds. The summed E-state index contributed by atoms with van der Waals surface area (Å²) in [7, 11) is 0. The third-order valence-corrected chi connectivity index (χ3v) is 4.16. The van der Waals surface area contributed by atoms with Crippen molar-refractivity contribution >= 4 is 27.7 Å². The second-order valence-corrected chi connectivity index (χ2v) is 6.29. The first-order chi connectivity index (χ1) is 8.58. The molecule has 2 N–H and O–H groups in total. The number of thioether (sulfide) groups is 1. The lowest BCUT2D eigenvalue weighted by Gasteiger charge is -2.05. The van der Waals surface area contributed by atoms with E-state index in [0.717, 1.165) is 20.9 Å². The minimum atomic E-state index is 0.598. The molecule has 1 aromatic heterocycles. The van der Waals surface area contributed by atoms with Gasteiger partial charge in [0.2, 0.25) is 5.16 Å². The van der Waals surface area contributed by atoms with Gasteiger partial charge in [0.05, 0.1) is 0 Å². The van der Waals surface area contributed by atoms with Gasteiger partial charge in [0.15, 0.2) is 5.82 Å². The Morgan fingerprint density at radius 1 is 1.39 bits per heavy atom. The van der Waals surface area contributed by atoms with Crippen molar-refractivity contribution in [3.05, 3.63) is 28.7 Å². The zero-order chi connectivity index (χ0) is 13.1. The minimum absolute atomic E-state index is 0.598.